The average Bonchev–Trinajstić information content (AvgIpc) is 2.26. The lowest BCUT2D eigenvalue weighted by Gasteiger charge is -2.32. The van der Waals surface area contributed by atoms with Crippen LogP contribution in [0.15, 0.2) is 59.3 Å². The Hall–Kier alpha value is -1.30. The van der Waals surface area contributed by atoms with Crippen molar-refractivity contribution in [2.45, 2.75) is 53.9 Å². The van der Waals surface area contributed by atoms with Crippen molar-refractivity contribution < 1.29 is 0 Å². The topological polar surface area (TPSA) is 0 Å². The summed E-state index contributed by atoms with van der Waals surface area (Å²) in [5.41, 5.74) is 5.76. The molecule has 104 valence electrons. The van der Waals surface area contributed by atoms with Crippen molar-refractivity contribution in [2.75, 3.05) is 0 Å². The third kappa shape index (κ3) is 5.06. The van der Waals surface area contributed by atoms with Gasteiger partial charge in [0.15, 0.2) is 0 Å². The predicted molar refractivity (Wildman–Crippen MR) is 87.2 cm³/mol. The van der Waals surface area contributed by atoms with E-state index >= 15 is 0 Å². The minimum Gasteiger partial charge on any atom is -0.0961 e. The highest BCUT2D eigenvalue weighted by atomic mass is 14.3. The van der Waals surface area contributed by atoms with Gasteiger partial charge in [-0.25, -0.2) is 0 Å². The Morgan fingerprint density at radius 3 is 2.47 bits per heavy atom. The molecule has 0 aromatic heterocycles. The monoisotopic (exact) mass is 256 g/mol. The molecule has 19 heavy (non-hydrogen) atoms. The molecule has 0 amide bonds. The van der Waals surface area contributed by atoms with Crippen LogP contribution in [0, 0.1) is 5.41 Å². The number of hydrogen-bond donors (Lipinski definition) is 0. The molecular weight excluding hydrogens is 228 g/mol. The Morgan fingerprint density at radius 1 is 1.21 bits per heavy atom. The molecule has 0 aliphatic heterocycles. The van der Waals surface area contributed by atoms with Crippen molar-refractivity contribution in [1.82, 2.24) is 0 Å². The van der Waals surface area contributed by atoms with Gasteiger partial charge >= 0.3 is 0 Å². The van der Waals surface area contributed by atoms with E-state index < -0.39 is 0 Å². The first kappa shape index (κ1) is 15.8. The van der Waals surface area contributed by atoms with Crippen LogP contribution in [0.5, 0.6) is 0 Å². The maximum absolute atomic E-state index is 3.86. The van der Waals surface area contributed by atoms with Crippen molar-refractivity contribution in [3.8, 4) is 0 Å². The van der Waals surface area contributed by atoms with E-state index in [4.69, 9.17) is 0 Å². The maximum atomic E-state index is 3.86. The second-order valence-corrected chi connectivity index (χ2v) is 6.38. The van der Waals surface area contributed by atoms with Gasteiger partial charge in [0, 0.05) is 0 Å². The third-order valence-electron chi connectivity index (χ3n) is 3.80. The molecule has 0 fully saturated rings. The number of rotatable bonds is 4. The lowest BCUT2D eigenvalue weighted by molar-refractivity contribution is 0.377. The van der Waals surface area contributed by atoms with Crippen molar-refractivity contribution in [2.24, 2.45) is 5.41 Å². The predicted octanol–water partition coefficient (Wildman–Crippen LogP) is 6.15. The van der Waals surface area contributed by atoms with E-state index in [9.17, 15) is 0 Å². The van der Waals surface area contributed by atoms with E-state index in [1.54, 1.807) is 5.57 Å². The quantitative estimate of drug-likeness (QED) is 0.529. The Morgan fingerprint density at radius 2 is 1.89 bits per heavy atom. The molecule has 1 rings (SSSR count). The highest BCUT2D eigenvalue weighted by molar-refractivity contribution is 5.36. The molecule has 0 unspecified atom stereocenters. The van der Waals surface area contributed by atoms with Gasteiger partial charge in [0.2, 0.25) is 0 Å². The van der Waals surface area contributed by atoms with Crippen LogP contribution in [0.1, 0.15) is 53.9 Å². The van der Waals surface area contributed by atoms with Crippen molar-refractivity contribution in [3.05, 3.63) is 59.3 Å². The summed E-state index contributed by atoms with van der Waals surface area (Å²) in [7, 11) is 0. The Kier molecular flexibility index (Phi) is 5.60. The van der Waals surface area contributed by atoms with Gasteiger partial charge in [-0.05, 0) is 51.0 Å². The van der Waals surface area contributed by atoms with Gasteiger partial charge < -0.3 is 0 Å². The zero-order valence-corrected chi connectivity index (χ0v) is 13.2. The molecule has 0 spiro atoms. The number of hydrogen-bond acceptors (Lipinski definition) is 0. The van der Waals surface area contributed by atoms with Gasteiger partial charge in [-0.2, -0.15) is 0 Å². The van der Waals surface area contributed by atoms with Crippen LogP contribution in [-0.4, -0.2) is 0 Å². The molecule has 0 radical (unpaired) electrons. The smallest absolute Gasteiger partial charge is 0.0104 e. The first-order valence-corrected chi connectivity index (χ1v) is 7.22. The molecule has 0 bridgehead atoms. The fourth-order valence-corrected chi connectivity index (χ4v) is 2.64. The lowest BCUT2D eigenvalue weighted by atomic mass is 9.72. The summed E-state index contributed by atoms with van der Waals surface area (Å²) in [5.74, 6) is 0. The molecule has 0 nitrogen and oxygen atoms in total. The summed E-state index contributed by atoms with van der Waals surface area (Å²) in [6, 6.07) is 0. The van der Waals surface area contributed by atoms with Crippen LogP contribution in [-0.2, 0) is 0 Å². The van der Waals surface area contributed by atoms with Crippen LogP contribution in [0.25, 0.3) is 0 Å². The molecule has 0 saturated heterocycles. The number of allylic oxidation sites excluding steroid dienone is 9. The SMILES string of the molecule is C=C(C)/C=C/C=C(C)\C=C\C1=C(C)CCCC1(C)C. The molecule has 1 aliphatic carbocycles. The summed E-state index contributed by atoms with van der Waals surface area (Å²) < 4.78 is 0. The highest BCUT2D eigenvalue weighted by Crippen LogP contribution is 2.40. The standard InChI is InChI=1S/C19H28/c1-15(2)9-7-10-16(3)12-13-18-17(4)11-8-14-19(18,5)6/h7,9-10,12-13H,1,8,11,14H2,2-6H3/b9-7+,13-12+,16-10-. The second kappa shape index (κ2) is 6.75. The van der Waals surface area contributed by atoms with E-state index in [1.165, 1.54) is 30.4 Å². The third-order valence-corrected chi connectivity index (χ3v) is 3.80. The molecular formula is C19H28. The molecule has 0 heteroatoms. The summed E-state index contributed by atoms with van der Waals surface area (Å²) in [6.07, 6.45) is 14.7. The molecule has 0 atom stereocenters. The van der Waals surface area contributed by atoms with Gasteiger partial charge in [-0.15, -0.1) is 0 Å². The molecule has 0 aromatic rings. The zero-order chi connectivity index (χ0) is 14.5. The fourth-order valence-electron chi connectivity index (χ4n) is 2.64. The van der Waals surface area contributed by atoms with Crippen molar-refractivity contribution in [1.29, 1.82) is 0 Å². The normalized spacial score (nSPS) is 20.6. The average molecular weight is 256 g/mol. The summed E-state index contributed by atoms with van der Waals surface area (Å²) in [4.78, 5) is 0. The van der Waals surface area contributed by atoms with Crippen LogP contribution in [0.2, 0.25) is 0 Å². The minimum absolute atomic E-state index is 0.326. The van der Waals surface area contributed by atoms with Crippen LogP contribution >= 0.6 is 0 Å². The zero-order valence-electron chi connectivity index (χ0n) is 13.2. The van der Waals surface area contributed by atoms with Gasteiger partial charge in [-0.3, -0.25) is 0 Å². The molecule has 1 aliphatic rings. The summed E-state index contributed by atoms with van der Waals surface area (Å²) in [6.45, 7) is 15.0. The van der Waals surface area contributed by atoms with E-state index in [1.807, 2.05) is 13.0 Å². The minimum atomic E-state index is 0.326. The Labute approximate surface area is 119 Å². The van der Waals surface area contributed by atoms with Gasteiger partial charge in [0.05, 0.1) is 0 Å². The van der Waals surface area contributed by atoms with E-state index in [-0.39, 0.29) is 0 Å². The van der Waals surface area contributed by atoms with E-state index in [2.05, 4.69) is 58.6 Å². The summed E-state index contributed by atoms with van der Waals surface area (Å²) in [5, 5.41) is 0. The second-order valence-electron chi connectivity index (χ2n) is 6.38. The van der Waals surface area contributed by atoms with Crippen LogP contribution in [0.3, 0.4) is 0 Å². The molecule has 0 saturated carbocycles. The van der Waals surface area contributed by atoms with Crippen LogP contribution in [0.4, 0.5) is 0 Å². The Balaban J connectivity index is 2.83. The molecule has 0 N–H and O–H groups in total. The lowest BCUT2D eigenvalue weighted by Crippen LogP contribution is -2.19. The van der Waals surface area contributed by atoms with E-state index in [0.29, 0.717) is 5.41 Å². The first-order valence-electron chi connectivity index (χ1n) is 7.22. The van der Waals surface area contributed by atoms with Crippen molar-refractivity contribution in [3.63, 3.8) is 0 Å². The largest absolute Gasteiger partial charge is 0.0961 e. The maximum Gasteiger partial charge on any atom is -0.0104 e. The van der Waals surface area contributed by atoms with Gasteiger partial charge in [0.25, 0.3) is 0 Å². The van der Waals surface area contributed by atoms with Crippen LogP contribution < -0.4 is 0 Å². The fraction of sp³-hybridized carbons (Fsp3) is 0.474. The highest BCUT2D eigenvalue weighted by Gasteiger charge is 2.26. The molecule has 0 aromatic carbocycles. The van der Waals surface area contributed by atoms with Gasteiger partial charge in [0.1, 0.15) is 0 Å². The first-order chi connectivity index (χ1) is 8.83. The summed E-state index contributed by atoms with van der Waals surface area (Å²) >= 11 is 0. The Bertz CT molecular complexity index is 450. The van der Waals surface area contributed by atoms with E-state index in [0.717, 1.165) is 5.57 Å². The van der Waals surface area contributed by atoms with Gasteiger partial charge in [-0.1, -0.05) is 67.5 Å². The van der Waals surface area contributed by atoms with Crippen molar-refractivity contribution >= 4 is 0 Å². The molecule has 0 heterocycles.